The monoisotopic (exact) mass is 435 g/mol. The van der Waals surface area contributed by atoms with Crippen LogP contribution < -0.4 is 10.5 Å². The predicted molar refractivity (Wildman–Crippen MR) is 111 cm³/mol. The van der Waals surface area contributed by atoms with Crippen molar-refractivity contribution in [3.05, 3.63) is 29.3 Å². The third-order valence-electron chi connectivity index (χ3n) is 3.68. The van der Waals surface area contributed by atoms with Crippen molar-refractivity contribution < 1.29 is 27.8 Å². The van der Waals surface area contributed by atoms with Crippen LogP contribution in [-0.4, -0.2) is 55.1 Å². The third kappa shape index (κ3) is 9.62. The van der Waals surface area contributed by atoms with Gasteiger partial charge in [-0.05, 0) is 30.9 Å². The van der Waals surface area contributed by atoms with E-state index in [2.05, 4.69) is 17.1 Å². The van der Waals surface area contributed by atoms with Crippen molar-refractivity contribution in [2.45, 2.75) is 38.4 Å². The van der Waals surface area contributed by atoms with Gasteiger partial charge in [0.05, 0.1) is 24.8 Å². The van der Waals surface area contributed by atoms with Crippen LogP contribution in [0, 0.1) is 0 Å². The molecule has 0 aliphatic carbocycles. The number of nitrogens with zero attached hydrogens (tertiary/aromatic N) is 2. The zero-order valence-corrected chi connectivity index (χ0v) is 17.4. The first-order valence-electron chi connectivity index (χ1n) is 9.27. The minimum Gasteiger partial charge on any atom is -0.493 e. The summed E-state index contributed by atoms with van der Waals surface area (Å²) in [5, 5.41) is 16.8. The van der Waals surface area contributed by atoms with Crippen LogP contribution >= 0.6 is 11.8 Å². The van der Waals surface area contributed by atoms with E-state index in [1.54, 1.807) is 6.26 Å². The maximum atomic E-state index is 13.5. The molecule has 6 nitrogen and oxygen atoms in total. The Labute approximate surface area is 173 Å². The number of aliphatic hydroxyl groups excluding tert-OH is 1. The van der Waals surface area contributed by atoms with E-state index in [0.29, 0.717) is 19.6 Å². The minimum absolute atomic E-state index is 0.126. The first kappa shape index (κ1) is 25.4. The summed E-state index contributed by atoms with van der Waals surface area (Å²) in [5.74, 6) is -0.235. The van der Waals surface area contributed by atoms with Gasteiger partial charge >= 0.3 is 6.18 Å². The van der Waals surface area contributed by atoms with Crippen molar-refractivity contribution in [3.8, 4) is 5.75 Å². The Morgan fingerprint density at radius 1 is 1.28 bits per heavy atom. The van der Waals surface area contributed by atoms with Gasteiger partial charge in [-0.1, -0.05) is 13.3 Å². The highest BCUT2D eigenvalue weighted by atomic mass is 32.2. The van der Waals surface area contributed by atoms with E-state index in [-0.39, 0.29) is 29.6 Å². The topological polar surface area (TPSA) is 89.4 Å². The van der Waals surface area contributed by atoms with Crippen molar-refractivity contribution in [3.63, 3.8) is 0 Å². The van der Waals surface area contributed by atoms with E-state index in [0.717, 1.165) is 30.7 Å². The number of halogens is 3. The summed E-state index contributed by atoms with van der Waals surface area (Å²) >= 11 is 1.15. The molecule has 0 heterocycles. The molecule has 29 heavy (non-hydrogen) atoms. The molecule has 0 aromatic heterocycles. The van der Waals surface area contributed by atoms with Crippen molar-refractivity contribution in [2.24, 2.45) is 15.9 Å². The van der Waals surface area contributed by atoms with Gasteiger partial charge in [0.2, 0.25) is 0 Å². The number of aliphatic hydroxyl groups is 1. The van der Waals surface area contributed by atoms with Crippen molar-refractivity contribution >= 4 is 23.0 Å². The summed E-state index contributed by atoms with van der Waals surface area (Å²) in [5.41, 5.74) is 4.87. The Hall–Kier alpha value is -1.62. The molecular weight excluding hydrogens is 407 g/mol. The predicted octanol–water partition coefficient (Wildman–Crippen LogP) is 3.71. The molecule has 1 rings (SSSR count). The lowest BCUT2D eigenvalue weighted by Gasteiger charge is -2.15. The SMILES string of the molecule is CCCCOCCCOc1ccc(/C(=N/N=C/C(N)CO)SC)cc1C(F)(F)F. The van der Waals surface area contributed by atoms with Crippen LogP contribution in [-0.2, 0) is 10.9 Å². The van der Waals surface area contributed by atoms with Crippen LogP contribution in [0.5, 0.6) is 5.75 Å². The summed E-state index contributed by atoms with van der Waals surface area (Å²) in [4.78, 5) is 0. The van der Waals surface area contributed by atoms with Gasteiger partial charge in [-0.25, -0.2) is 0 Å². The van der Waals surface area contributed by atoms with Gasteiger partial charge in [0, 0.05) is 31.4 Å². The van der Waals surface area contributed by atoms with Crippen molar-refractivity contribution in [2.75, 3.05) is 32.7 Å². The van der Waals surface area contributed by atoms with E-state index in [4.69, 9.17) is 20.3 Å². The van der Waals surface area contributed by atoms with E-state index < -0.39 is 17.8 Å². The molecular formula is C19H28F3N3O3S. The summed E-state index contributed by atoms with van der Waals surface area (Å²) in [6, 6.07) is 3.09. The Balaban J connectivity index is 2.88. The molecule has 1 unspecified atom stereocenters. The molecule has 10 heteroatoms. The van der Waals surface area contributed by atoms with Gasteiger partial charge in [-0.15, -0.1) is 16.9 Å². The van der Waals surface area contributed by atoms with E-state index in [9.17, 15) is 13.2 Å². The number of ether oxygens (including phenoxy) is 2. The van der Waals surface area contributed by atoms with Crippen LogP contribution in [0.2, 0.25) is 0 Å². The van der Waals surface area contributed by atoms with Crippen molar-refractivity contribution in [1.29, 1.82) is 0 Å². The molecule has 0 fully saturated rings. The normalized spacial score (nSPS) is 13.8. The summed E-state index contributed by atoms with van der Waals surface area (Å²) in [6.45, 7) is 2.96. The molecule has 1 aromatic carbocycles. The molecule has 0 saturated heterocycles. The van der Waals surface area contributed by atoms with Gasteiger partial charge in [0.25, 0.3) is 0 Å². The van der Waals surface area contributed by atoms with Crippen LogP contribution in [0.3, 0.4) is 0 Å². The molecule has 0 aliphatic rings. The van der Waals surface area contributed by atoms with Crippen molar-refractivity contribution in [1.82, 2.24) is 0 Å². The third-order valence-corrected chi connectivity index (χ3v) is 4.38. The van der Waals surface area contributed by atoms with Gasteiger partial charge in [0.1, 0.15) is 10.8 Å². The number of thioether (sulfide) groups is 1. The first-order valence-corrected chi connectivity index (χ1v) is 10.5. The highest BCUT2D eigenvalue weighted by molar-refractivity contribution is 8.13. The van der Waals surface area contributed by atoms with Gasteiger partial charge in [0.15, 0.2) is 0 Å². The summed E-state index contributed by atoms with van der Waals surface area (Å²) < 4.78 is 51.2. The summed E-state index contributed by atoms with van der Waals surface area (Å²) in [6.07, 6.45) is 0.807. The van der Waals surface area contributed by atoms with Gasteiger partial charge in [-0.2, -0.15) is 18.3 Å². The largest absolute Gasteiger partial charge is 0.493 e. The Bertz CT molecular complexity index is 670. The van der Waals surface area contributed by atoms with Crippen LogP contribution in [0.15, 0.2) is 28.4 Å². The average Bonchev–Trinajstić information content (AvgIpc) is 2.69. The number of unbranched alkanes of at least 4 members (excludes halogenated alkanes) is 1. The van der Waals surface area contributed by atoms with Gasteiger partial charge in [-0.3, -0.25) is 0 Å². The second-order valence-corrected chi connectivity index (χ2v) is 6.89. The maximum absolute atomic E-state index is 13.5. The zero-order chi connectivity index (χ0) is 21.7. The first-order chi connectivity index (χ1) is 13.8. The van der Waals surface area contributed by atoms with Crippen LogP contribution in [0.25, 0.3) is 0 Å². The number of hydrogen-bond donors (Lipinski definition) is 2. The number of rotatable bonds is 12. The smallest absolute Gasteiger partial charge is 0.419 e. The fourth-order valence-electron chi connectivity index (χ4n) is 2.14. The average molecular weight is 436 g/mol. The number of nitrogens with two attached hydrogens (primary N) is 1. The molecule has 0 bridgehead atoms. The van der Waals surface area contributed by atoms with E-state index in [1.807, 2.05) is 0 Å². The highest BCUT2D eigenvalue weighted by Gasteiger charge is 2.35. The molecule has 0 spiro atoms. The zero-order valence-electron chi connectivity index (χ0n) is 16.6. The van der Waals surface area contributed by atoms with Crippen LogP contribution in [0.4, 0.5) is 13.2 Å². The molecule has 164 valence electrons. The Morgan fingerprint density at radius 2 is 2.00 bits per heavy atom. The van der Waals surface area contributed by atoms with Crippen LogP contribution in [0.1, 0.15) is 37.3 Å². The summed E-state index contributed by atoms with van der Waals surface area (Å²) in [7, 11) is 0. The lowest BCUT2D eigenvalue weighted by Crippen LogP contribution is -2.25. The quantitative estimate of drug-likeness (QED) is 0.226. The molecule has 0 radical (unpaired) electrons. The molecule has 0 amide bonds. The molecule has 0 saturated carbocycles. The fraction of sp³-hybridized carbons (Fsp3) is 0.579. The number of hydrogen-bond acceptors (Lipinski definition) is 7. The van der Waals surface area contributed by atoms with E-state index >= 15 is 0 Å². The standard InChI is InChI=1S/C19H28F3N3O3S/c1-3-4-8-27-9-5-10-28-17-7-6-14(11-16(17)19(20,21)22)18(29-2)25-24-12-15(23)13-26/h6-7,11-12,15,26H,3-5,8-10,13,23H2,1-2H3/b24-12+,25-18-. The lowest BCUT2D eigenvalue weighted by molar-refractivity contribution is -0.139. The molecule has 1 atom stereocenters. The maximum Gasteiger partial charge on any atom is 0.419 e. The second-order valence-electron chi connectivity index (χ2n) is 6.10. The number of benzene rings is 1. The number of alkyl halides is 3. The minimum atomic E-state index is -4.57. The fourth-order valence-corrected chi connectivity index (χ4v) is 2.63. The van der Waals surface area contributed by atoms with E-state index in [1.165, 1.54) is 18.3 Å². The Morgan fingerprint density at radius 3 is 2.62 bits per heavy atom. The highest BCUT2D eigenvalue weighted by Crippen LogP contribution is 2.37. The molecule has 3 N–H and O–H groups in total. The molecule has 1 aromatic rings. The Kier molecular flexibility index (Phi) is 11.9. The lowest BCUT2D eigenvalue weighted by atomic mass is 10.1. The molecule has 0 aliphatic heterocycles. The second kappa shape index (κ2) is 13.6. The van der Waals surface area contributed by atoms with Gasteiger partial charge < -0.3 is 20.3 Å².